The zero-order valence-corrected chi connectivity index (χ0v) is 13.9. The lowest BCUT2D eigenvalue weighted by atomic mass is 10.0. The van der Waals surface area contributed by atoms with Gasteiger partial charge in [-0.1, -0.05) is 19.1 Å². The molecule has 21 heavy (non-hydrogen) atoms. The number of aliphatic hydroxyl groups excluding tert-OH is 1. The first-order chi connectivity index (χ1) is 9.66. The molecule has 4 heteroatoms. The van der Waals surface area contributed by atoms with Gasteiger partial charge in [0.15, 0.2) is 6.10 Å². The minimum atomic E-state index is -0.636. The standard InChI is InChI=1S/C17H27NO3/c1-7-17(5,6)18-16(20)13(4)21-15-10-11(2)8-9-14(15)12(3)19/h8-10,12-13,19H,7H2,1-6H3,(H,18,20). The van der Waals surface area contributed by atoms with Crippen molar-refractivity contribution in [2.75, 3.05) is 0 Å². The normalized spacial score (nSPS) is 14.4. The molecule has 1 rings (SSSR count). The molecule has 0 spiro atoms. The number of carbonyl (C=O) groups excluding carboxylic acids is 1. The van der Waals surface area contributed by atoms with Crippen LogP contribution in [-0.4, -0.2) is 22.7 Å². The highest BCUT2D eigenvalue weighted by Gasteiger charge is 2.23. The number of carbonyl (C=O) groups is 1. The highest BCUT2D eigenvalue weighted by Crippen LogP contribution is 2.27. The van der Waals surface area contributed by atoms with Crippen LogP contribution in [0.3, 0.4) is 0 Å². The molecule has 0 aliphatic heterocycles. The van der Waals surface area contributed by atoms with Gasteiger partial charge in [0.05, 0.1) is 6.10 Å². The first-order valence-electron chi connectivity index (χ1n) is 7.43. The number of nitrogens with one attached hydrogen (secondary N) is 1. The van der Waals surface area contributed by atoms with Gasteiger partial charge in [-0.2, -0.15) is 0 Å². The Labute approximate surface area is 127 Å². The van der Waals surface area contributed by atoms with Gasteiger partial charge in [-0.3, -0.25) is 4.79 Å². The minimum absolute atomic E-state index is 0.153. The maximum Gasteiger partial charge on any atom is 0.261 e. The second kappa shape index (κ2) is 6.94. The lowest BCUT2D eigenvalue weighted by Crippen LogP contribution is -2.48. The van der Waals surface area contributed by atoms with Crippen molar-refractivity contribution in [3.63, 3.8) is 0 Å². The third kappa shape index (κ3) is 5.05. The number of amides is 1. The number of aryl methyl sites for hydroxylation is 1. The summed E-state index contributed by atoms with van der Waals surface area (Å²) in [7, 11) is 0. The van der Waals surface area contributed by atoms with E-state index in [2.05, 4.69) is 5.32 Å². The van der Waals surface area contributed by atoms with Gasteiger partial charge >= 0.3 is 0 Å². The molecule has 2 unspecified atom stereocenters. The molecule has 1 aromatic rings. The lowest BCUT2D eigenvalue weighted by molar-refractivity contribution is -0.129. The van der Waals surface area contributed by atoms with Gasteiger partial charge in [0.1, 0.15) is 5.75 Å². The van der Waals surface area contributed by atoms with E-state index in [1.165, 1.54) is 0 Å². The van der Waals surface area contributed by atoms with Crippen LogP contribution < -0.4 is 10.1 Å². The molecule has 118 valence electrons. The van der Waals surface area contributed by atoms with Crippen molar-refractivity contribution in [3.8, 4) is 5.75 Å². The molecule has 2 N–H and O–H groups in total. The number of ether oxygens (including phenoxy) is 1. The van der Waals surface area contributed by atoms with Gasteiger partial charge in [-0.25, -0.2) is 0 Å². The van der Waals surface area contributed by atoms with Crippen LogP contribution in [0, 0.1) is 6.92 Å². The monoisotopic (exact) mass is 293 g/mol. The van der Waals surface area contributed by atoms with Crippen LogP contribution in [0.15, 0.2) is 18.2 Å². The Morgan fingerprint density at radius 1 is 1.38 bits per heavy atom. The van der Waals surface area contributed by atoms with E-state index in [9.17, 15) is 9.90 Å². The van der Waals surface area contributed by atoms with Crippen LogP contribution in [0.25, 0.3) is 0 Å². The van der Waals surface area contributed by atoms with Crippen molar-refractivity contribution in [2.45, 2.75) is 65.7 Å². The van der Waals surface area contributed by atoms with Crippen LogP contribution in [-0.2, 0) is 4.79 Å². The molecule has 0 bridgehead atoms. The van der Waals surface area contributed by atoms with Gasteiger partial charge in [0, 0.05) is 11.1 Å². The summed E-state index contributed by atoms with van der Waals surface area (Å²) in [4.78, 5) is 12.2. The number of hydrogen-bond donors (Lipinski definition) is 2. The zero-order chi connectivity index (χ0) is 16.2. The Morgan fingerprint density at radius 2 is 2.00 bits per heavy atom. The van der Waals surface area contributed by atoms with Crippen LogP contribution in [0.5, 0.6) is 5.75 Å². The average molecular weight is 293 g/mol. The molecule has 1 aromatic carbocycles. The van der Waals surface area contributed by atoms with E-state index in [0.29, 0.717) is 11.3 Å². The third-order valence-corrected chi connectivity index (χ3v) is 3.64. The summed E-state index contributed by atoms with van der Waals surface area (Å²) in [5, 5.41) is 12.8. The molecule has 1 amide bonds. The molecule has 0 radical (unpaired) electrons. The predicted molar refractivity (Wildman–Crippen MR) is 84.4 cm³/mol. The van der Waals surface area contributed by atoms with Crippen molar-refractivity contribution >= 4 is 5.91 Å². The van der Waals surface area contributed by atoms with E-state index in [1.807, 2.05) is 45.9 Å². The number of hydrogen-bond acceptors (Lipinski definition) is 3. The van der Waals surface area contributed by atoms with Crippen molar-refractivity contribution in [1.82, 2.24) is 5.32 Å². The largest absolute Gasteiger partial charge is 0.481 e. The highest BCUT2D eigenvalue weighted by atomic mass is 16.5. The second-order valence-electron chi connectivity index (χ2n) is 6.20. The molecule has 0 aliphatic carbocycles. The molecule has 0 saturated heterocycles. The Morgan fingerprint density at radius 3 is 2.52 bits per heavy atom. The van der Waals surface area contributed by atoms with E-state index in [0.717, 1.165) is 12.0 Å². The van der Waals surface area contributed by atoms with Gasteiger partial charge in [-0.05, 0) is 52.7 Å². The molecule has 4 nitrogen and oxygen atoms in total. The maximum absolute atomic E-state index is 12.2. The molecule has 0 fully saturated rings. The second-order valence-corrected chi connectivity index (χ2v) is 6.20. The topological polar surface area (TPSA) is 58.6 Å². The van der Waals surface area contributed by atoms with Crippen molar-refractivity contribution in [3.05, 3.63) is 29.3 Å². The van der Waals surface area contributed by atoms with E-state index < -0.39 is 12.2 Å². The van der Waals surface area contributed by atoms with Gasteiger partial charge < -0.3 is 15.2 Å². The number of rotatable bonds is 6. The quantitative estimate of drug-likeness (QED) is 0.847. The van der Waals surface area contributed by atoms with Crippen molar-refractivity contribution in [2.24, 2.45) is 0 Å². The van der Waals surface area contributed by atoms with Crippen LogP contribution in [0.1, 0.15) is 58.3 Å². The fourth-order valence-corrected chi connectivity index (χ4v) is 1.86. The number of benzene rings is 1. The Bertz CT molecular complexity index is 495. The smallest absolute Gasteiger partial charge is 0.261 e. The highest BCUT2D eigenvalue weighted by molar-refractivity contribution is 5.81. The summed E-state index contributed by atoms with van der Waals surface area (Å²) >= 11 is 0. The summed E-state index contributed by atoms with van der Waals surface area (Å²) in [6.45, 7) is 11.3. The van der Waals surface area contributed by atoms with Crippen LogP contribution in [0.2, 0.25) is 0 Å². The fraction of sp³-hybridized carbons (Fsp3) is 0.588. The summed E-state index contributed by atoms with van der Waals surface area (Å²) < 4.78 is 5.77. The minimum Gasteiger partial charge on any atom is -0.481 e. The Balaban J connectivity index is 2.85. The van der Waals surface area contributed by atoms with Gasteiger partial charge in [-0.15, -0.1) is 0 Å². The van der Waals surface area contributed by atoms with Crippen LogP contribution >= 0.6 is 0 Å². The summed E-state index contributed by atoms with van der Waals surface area (Å²) in [6, 6.07) is 5.59. The molecule has 0 saturated carbocycles. The first kappa shape index (κ1) is 17.5. The Kier molecular flexibility index (Phi) is 5.78. The first-order valence-corrected chi connectivity index (χ1v) is 7.43. The molecule has 2 atom stereocenters. The molecule has 0 aliphatic rings. The fourth-order valence-electron chi connectivity index (χ4n) is 1.86. The van der Waals surface area contributed by atoms with Crippen LogP contribution in [0.4, 0.5) is 0 Å². The van der Waals surface area contributed by atoms with E-state index >= 15 is 0 Å². The van der Waals surface area contributed by atoms with Crippen molar-refractivity contribution < 1.29 is 14.6 Å². The molecular formula is C17H27NO3. The average Bonchev–Trinajstić information content (AvgIpc) is 2.37. The lowest BCUT2D eigenvalue weighted by Gasteiger charge is -2.27. The maximum atomic E-state index is 12.2. The summed E-state index contributed by atoms with van der Waals surface area (Å²) in [6.07, 6.45) is -0.410. The third-order valence-electron chi connectivity index (χ3n) is 3.64. The van der Waals surface area contributed by atoms with E-state index in [-0.39, 0.29) is 11.4 Å². The van der Waals surface area contributed by atoms with E-state index in [1.54, 1.807) is 13.8 Å². The molecule has 0 aromatic heterocycles. The van der Waals surface area contributed by atoms with E-state index in [4.69, 9.17) is 4.74 Å². The SMILES string of the molecule is CCC(C)(C)NC(=O)C(C)Oc1cc(C)ccc1C(C)O. The van der Waals surface area contributed by atoms with Gasteiger partial charge in [0.2, 0.25) is 0 Å². The molecular weight excluding hydrogens is 266 g/mol. The predicted octanol–water partition coefficient (Wildman–Crippen LogP) is 3.12. The van der Waals surface area contributed by atoms with Crippen molar-refractivity contribution in [1.29, 1.82) is 0 Å². The zero-order valence-electron chi connectivity index (χ0n) is 13.9. The summed E-state index contributed by atoms with van der Waals surface area (Å²) in [5.41, 5.74) is 1.46. The number of aliphatic hydroxyl groups is 1. The Hall–Kier alpha value is -1.55. The molecule has 0 heterocycles. The summed E-state index contributed by atoms with van der Waals surface area (Å²) in [5.74, 6) is 0.404. The van der Waals surface area contributed by atoms with Gasteiger partial charge in [0.25, 0.3) is 5.91 Å².